The Hall–Kier alpha value is -2.53. The fourth-order valence-corrected chi connectivity index (χ4v) is 3.93. The van der Waals surface area contributed by atoms with Crippen LogP contribution in [0.5, 0.6) is 17.2 Å². The Kier molecular flexibility index (Phi) is 7.15. The summed E-state index contributed by atoms with van der Waals surface area (Å²) in [5.41, 5.74) is 4.80. The smallest absolute Gasteiger partial charge is 0.161 e. The summed E-state index contributed by atoms with van der Waals surface area (Å²) in [5, 5.41) is 0. The van der Waals surface area contributed by atoms with Gasteiger partial charge in [0.05, 0.1) is 21.3 Å². The molecule has 0 amide bonds. The van der Waals surface area contributed by atoms with Gasteiger partial charge in [0.2, 0.25) is 0 Å². The Morgan fingerprint density at radius 2 is 1.72 bits per heavy atom. The van der Waals surface area contributed by atoms with Crippen LogP contribution in [0, 0.1) is 6.92 Å². The van der Waals surface area contributed by atoms with Gasteiger partial charge in [-0.3, -0.25) is 9.69 Å². The minimum atomic E-state index is 0.294. The first-order chi connectivity index (χ1) is 14.0. The molecule has 5 heteroatoms. The van der Waals surface area contributed by atoms with Gasteiger partial charge in [0, 0.05) is 25.9 Å². The van der Waals surface area contributed by atoms with E-state index in [9.17, 15) is 4.79 Å². The first-order valence-electron chi connectivity index (χ1n) is 10.2. The minimum absolute atomic E-state index is 0.294. The molecule has 2 aromatic carbocycles. The number of hydrogen-bond acceptors (Lipinski definition) is 5. The number of hydrogen-bond donors (Lipinski definition) is 0. The topological polar surface area (TPSA) is 48.0 Å². The normalized spacial score (nSPS) is 13.7. The average Bonchev–Trinajstić information content (AvgIpc) is 2.74. The lowest BCUT2D eigenvalue weighted by atomic mass is 9.98. The largest absolute Gasteiger partial charge is 0.497 e. The molecule has 0 saturated carbocycles. The molecule has 0 fully saturated rings. The number of nitrogens with zero attached hydrogens (tertiary/aromatic N) is 1. The van der Waals surface area contributed by atoms with E-state index in [0.717, 1.165) is 60.9 Å². The van der Waals surface area contributed by atoms with E-state index >= 15 is 0 Å². The zero-order valence-electron chi connectivity index (χ0n) is 17.9. The van der Waals surface area contributed by atoms with Gasteiger partial charge < -0.3 is 14.2 Å². The highest BCUT2D eigenvalue weighted by atomic mass is 16.5. The van der Waals surface area contributed by atoms with Gasteiger partial charge in [-0.05, 0) is 72.8 Å². The van der Waals surface area contributed by atoms with Crippen LogP contribution in [0.4, 0.5) is 0 Å². The van der Waals surface area contributed by atoms with E-state index in [0.29, 0.717) is 18.6 Å². The Labute approximate surface area is 173 Å². The average molecular weight is 398 g/mol. The molecular weight excluding hydrogens is 366 g/mol. The maximum atomic E-state index is 12.4. The van der Waals surface area contributed by atoms with Crippen LogP contribution in [-0.2, 0) is 24.2 Å². The summed E-state index contributed by atoms with van der Waals surface area (Å²) >= 11 is 0. The lowest BCUT2D eigenvalue weighted by molar-refractivity contribution is -0.118. The maximum absolute atomic E-state index is 12.4. The predicted octanol–water partition coefficient (Wildman–Crippen LogP) is 3.97. The van der Waals surface area contributed by atoms with Crippen LogP contribution in [0.15, 0.2) is 30.3 Å². The van der Waals surface area contributed by atoms with E-state index < -0.39 is 0 Å². The summed E-state index contributed by atoms with van der Waals surface area (Å²) in [6, 6.07) is 10.1. The van der Waals surface area contributed by atoms with Gasteiger partial charge in [-0.2, -0.15) is 0 Å². The summed E-state index contributed by atoms with van der Waals surface area (Å²) < 4.78 is 16.1. The summed E-state index contributed by atoms with van der Waals surface area (Å²) in [4.78, 5) is 14.8. The van der Waals surface area contributed by atoms with Gasteiger partial charge in [0.1, 0.15) is 11.5 Å². The predicted molar refractivity (Wildman–Crippen MR) is 114 cm³/mol. The minimum Gasteiger partial charge on any atom is -0.497 e. The van der Waals surface area contributed by atoms with Crippen molar-refractivity contribution >= 4 is 5.78 Å². The highest BCUT2D eigenvalue weighted by Gasteiger charge is 2.19. The van der Waals surface area contributed by atoms with E-state index in [-0.39, 0.29) is 0 Å². The van der Waals surface area contributed by atoms with Crippen molar-refractivity contribution in [3.63, 3.8) is 0 Å². The number of aryl methyl sites for hydroxylation is 1. The van der Waals surface area contributed by atoms with Crippen molar-refractivity contribution in [2.45, 2.75) is 39.2 Å². The van der Waals surface area contributed by atoms with Crippen LogP contribution in [0.3, 0.4) is 0 Å². The van der Waals surface area contributed by atoms with Gasteiger partial charge in [-0.15, -0.1) is 0 Å². The van der Waals surface area contributed by atoms with E-state index in [1.165, 1.54) is 11.1 Å². The number of methoxy groups -OCH3 is 3. The van der Waals surface area contributed by atoms with E-state index in [1.54, 1.807) is 21.3 Å². The van der Waals surface area contributed by atoms with Crippen molar-refractivity contribution in [2.75, 3.05) is 34.4 Å². The van der Waals surface area contributed by atoms with Crippen molar-refractivity contribution in [1.82, 2.24) is 4.90 Å². The molecule has 1 aliphatic heterocycles. The first-order valence-corrected chi connectivity index (χ1v) is 10.2. The van der Waals surface area contributed by atoms with Crippen LogP contribution < -0.4 is 14.2 Å². The van der Waals surface area contributed by atoms with Gasteiger partial charge in [-0.1, -0.05) is 6.07 Å². The molecule has 1 aliphatic rings. The second-order valence-electron chi connectivity index (χ2n) is 7.61. The third-order valence-electron chi connectivity index (χ3n) is 5.66. The van der Waals surface area contributed by atoms with E-state index in [1.807, 2.05) is 25.1 Å². The Bertz CT molecular complexity index is 862. The number of rotatable bonds is 9. The molecule has 0 N–H and O–H groups in total. The molecule has 0 aliphatic carbocycles. The fourth-order valence-electron chi connectivity index (χ4n) is 3.93. The standard InChI is InChI=1S/C24H31NO4/c1-17-12-22(27-2)8-7-18(17)13-21(26)6-5-10-25-11-9-19-14-23(28-3)24(29-4)15-20(19)16-25/h7-8,12,14-15H,5-6,9-11,13,16H2,1-4H3. The molecule has 0 atom stereocenters. The molecule has 0 aromatic heterocycles. The van der Waals surface area contributed by atoms with Crippen molar-refractivity contribution in [1.29, 1.82) is 0 Å². The lowest BCUT2D eigenvalue weighted by Gasteiger charge is -2.29. The van der Waals surface area contributed by atoms with Crippen molar-refractivity contribution in [3.05, 3.63) is 52.6 Å². The molecule has 2 aromatic rings. The lowest BCUT2D eigenvalue weighted by Crippen LogP contribution is -2.31. The Morgan fingerprint density at radius 3 is 2.38 bits per heavy atom. The third kappa shape index (κ3) is 5.30. The Balaban J connectivity index is 1.49. The second kappa shape index (κ2) is 9.79. The molecule has 0 spiro atoms. The molecule has 5 nitrogen and oxygen atoms in total. The number of Topliss-reactive ketones (excluding diaryl/α,β-unsaturated/α-hetero) is 1. The van der Waals surface area contributed by atoms with E-state index in [2.05, 4.69) is 17.0 Å². The van der Waals surface area contributed by atoms with Crippen LogP contribution in [0.25, 0.3) is 0 Å². The van der Waals surface area contributed by atoms with Gasteiger partial charge >= 0.3 is 0 Å². The molecule has 3 rings (SSSR count). The molecule has 0 unspecified atom stereocenters. The summed E-state index contributed by atoms with van der Waals surface area (Å²) in [6.07, 6.45) is 2.99. The number of carbonyl (C=O) groups excluding carboxylic acids is 1. The van der Waals surface area contributed by atoms with Crippen LogP contribution in [0.2, 0.25) is 0 Å². The van der Waals surface area contributed by atoms with Crippen molar-refractivity contribution in [2.24, 2.45) is 0 Å². The molecule has 0 saturated heterocycles. The highest BCUT2D eigenvalue weighted by molar-refractivity contribution is 5.81. The number of carbonyl (C=O) groups is 1. The Morgan fingerprint density at radius 1 is 1.00 bits per heavy atom. The quantitative estimate of drug-likeness (QED) is 0.641. The number of fused-ring (bicyclic) bond motifs is 1. The maximum Gasteiger partial charge on any atom is 0.161 e. The monoisotopic (exact) mass is 397 g/mol. The molecular formula is C24H31NO4. The molecule has 0 bridgehead atoms. The number of ether oxygens (including phenoxy) is 3. The van der Waals surface area contributed by atoms with Gasteiger partial charge in [0.25, 0.3) is 0 Å². The van der Waals surface area contributed by atoms with Crippen LogP contribution >= 0.6 is 0 Å². The highest BCUT2D eigenvalue weighted by Crippen LogP contribution is 2.33. The fraction of sp³-hybridized carbons (Fsp3) is 0.458. The number of benzene rings is 2. The van der Waals surface area contributed by atoms with Gasteiger partial charge in [-0.25, -0.2) is 0 Å². The summed E-state index contributed by atoms with van der Waals surface area (Å²) in [5.74, 6) is 2.69. The SMILES string of the molecule is COc1ccc(CC(=O)CCCN2CCc3cc(OC)c(OC)cc3C2)c(C)c1. The zero-order chi connectivity index (χ0) is 20.8. The second-order valence-corrected chi connectivity index (χ2v) is 7.61. The zero-order valence-corrected chi connectivity index (χ0v) is 17.9. The molecule has 0 radical (unpaired) electrons. The molecule has 1 heterocycles. The molecule has 156 valence electrons. The molecule has 29 heavy (non-hydrogen) atoms. The van der Waals surface area contributed by atoms with Crippen molar-refractivity contribution in [3.8, 4) is 17.2 Å². The first kappa shape index (κ1) is 21.2. The summed E-state index contributed by atoms with van der Waals surface area (Å²) in [6.45, 7) is 4.86. The van der Waals surface area contributed by atoms with E-state index in [4.69, 9.17) is 14.2 Å². The number of ketones is 1. The van der Waals surface area contributed by atoms with Crippen molar-refractivity contribution < 1.29 is 19.0 Å². The summed E-state index contributed by atoms with van der Waals surface area (Å²) in [7, 11) is 5.00. The van der Waals surface area contributed by atoms with Gasteiger partial charge in [0.15, 0.2) is 11.5 Å². The third-order valence-corrected chi connectivity index (χ3v) is 5.66. The van der Waals surface area contributed by atoms with Crippen LogP contribution in [-0.4, -0.2) is 45.1 Å². The van der Waals surface area contributed by atoms with Crippen LogP contribution in [0.1, 0.15) is 35.1 Å².